The van der Waals surface area contributed by atoms with Crippen LogP contribution in [0.1, 0.15) is 24.6 Å². The van der Waals surface area contributed by atoms with Crippen molar-refractivity contribution in [1.29, 1.82) is 0 Å². The van der Waals surface area contributed by atoms with Gasteiger partial charge in [-0.05, 0) is 43.5 Å². The normalized spacial score (nSPS) is 12.7. The molecule has 1 atom stereocenters. The van der Waals surface area contributed by atoms with Gasteiger partial charge in [-0.25, -0.2) is 4.68 Å². The molecule has 1 heterocycles. The van der Waals surface area contributed by atoms with Gasteiger partial charge in [-0.15, -0.1) is 0 Å². The van der Waals surface area contributed by atoms with E-state index in [1.165, 1.54) is 5.56 Å². The second-order valence-electron chi connectivity index (χ2n) is 4.55. The van der Waals surface area contributed by atoms with E-state index in [1.54, 1.807) is 0 Å². The van der Waals surface area contributed by atoms with E-state index in [1.807, 2.05) is 42.1 Å². The number of aryl methyl sites for hydroxylation is 1. The summed E-state index contributed by atoms with van der Waals surface area (Å²) in [5.74, 6) is 0. The van der Waals surface area contributed by atoms with Gasteiger partial charge in [0.25, 0.3) is 0 Å². The zero-order chi connectivity index (χ0) is 13.1. The standard InChI is InChI=1S/C14H18ClN3/c1-3-13(16)8-11-4-5-12(15)9-14(11)18-7-6-10(2)17-18/h4-7,9,13H,3,8,16H2,1-2H3. The summed E-state index contributed by atoms with van der Waals surface area (Å²) in [6.45, 7) is 4.07. The summed E-state index contributed by atoms with van der Waals surface area (Å²) in [5, 5.41) is 5.15. The van der Waals surface area contributed by atoms with Crippen LogP contribution in [0.2, 0.25) is 5.02 Å². The number of aromatic nitrogens is 2. The molecule has 0 aliphatic heterocycles. The molecule has 3 nitrogen and oxygen atoms in total. The number of rotatable bonds is 4. The Bertz CT molecular complexity index is 534. The largest absolute Gasteiger partial charge is 0.327 e. The lowest BCUT2D eigenvalue weighted by molar-refractivity contribution is 0.642. The van der Waals surface area contributed by atoms with E-state index in [2.05, 4.69) is 12.0 Å². The molecule has 0 amide bonds. The lowest BCUT2D eigenvalue weighted by Gasteiger charge is -2.13. The first-order chi connectivity index (χ1) is 8.60. The Kier molecular flexibility index (Phi) is 4.04. The third-order valence-corrected chi connectivity index (χ3v) is 3.26. The molecule has 0 saturated carbocycles. The lowest BCUT2D eigenvalue weighted by atomic mass is 10.0. The van der Waals surface area contributed by atoms with E-state index in [9.17, 15) is 0 Å². The van der Waals surface area contributed by atoms with Gasteiger partial charge < -0.3 is 5.73 Å². The monoisotopic (exact) mass is 263 g/mol. The van der Waals surface area contributed by atoms with E-state index >= 15 is 0 Å². The predicted octanol–water partition coefficient (Wildman–Crippen LogP) is 3.11. The molecule has 18 heavy (non-hydrogen) atoms. The third-order valence-electron chi connectivity index (χ3n) is 3.02. The average molecular weight is 264 g/mol. The molecular weight excluding hydrogens is 246 g/mol. The summed E-state index contributed by atoms with van der Waals surface area (Å²) in [4.78, 5) is 0. The summed E-state index contributed by atoms with van der Waals surface area (Å²) in [7, 11) is 0. The zero-order valence-corrected chi connectivity index (χ0v) is 11.5. The molecule has 0 fully saturated rings. The van der Waals surface area contributed by atoms with Crippen LogP contribution in [0, 0.1) is 6.92 Å². The molecule has 0 spiro atoms. The summed E-state index contributed by atoms with van der Waals surface area (Å²) >= 11 is 6.07. The number of benzene rings is 1. The molecule has 0 radical (unpaired) electrons. The predicted molar refractivity (Wildman–Crippen MR) is 75.3 cm³/mol. The topological polar surface area (TPSA) is 43.8 Å². The van der Waals surface area contributed by atoms with Gasteiger partial charge in [-0.1, -0.05) is 24.6 Å². The molecule has 0 aliphatic rings. The van der Waals surface area contributed by atoms with Crippen LogP contribution in [-0.4, -0.2) is 15.8 Å². The van der Waals surface area contributed by atoms with E-state index in [0.717, 1.165) is 24.2 Å². The highest BCUT2D eigenvalue weighted by molar-refractivity contribution is 6.30. The Labute approximate surface area is 113 Å². The molecule has 2 rings (SSSR count). The van der Waals surface area contributed by atoms with Crippen LogP contribution in [0.5, 0.6) is 0 Å². The molecule has 1 aromatic heterocycles. The molecule has 0 bridgehead atoms. The van der Waals surface area contributed by atoms with Gasteiger partial charge in [0, 0.05) is 17.3 Å². The van der Waals surface area contributed by atoms with Crippen LogP contribution in [-0.2, 0) is 6.42 Å². The van der Waals surface area contributed by atoms with Crippen molar-refractivity contribution in [2.75, 3.05) is 0 Å². The van der Waals surface area contributed by atoms with E-state index < -0.39 is 0 Å². The Morgan fingerprint density at radius 3 is 2.78 bits per heavy atom. The average Bonchev–Trinajstić information content (AvgIpc) is 2.78. The van der Waals surface area contributed by atoms with Crippen LogP contribution in [0.15, 0.2) is 30.5 Å². The summed E-state index contributed by atoms with van der Waals surface area (Å²) < 4.78 is 1.86. The van der Waals surface area contributed by atoms with Crippen molar-refractivity contribution in [3.05, 3.63) is 46.7 Å². The molecule has 4 heteroatoms. The Morgan fingerprint density at radius 2 is 2.17 bits per heavy atom. The van der Waals surface area contributed by atoms with Crippen LogP contribution < -0.4 is 5.73 Å². The van der Waals surface area contributed by atoms with Gasteiger partial charge in [0.05, 0.1) is 11.4 Å². The highest BCUT2D eigenvalue weighted by Gasteiger charge is 2.10. The number of nitrogens with two attached hydrogens (primary N) is 1. The fourth-order valence-corrected chi connectivity index (χ4v) is 2.07. The first kappa shape index (κ1) is 13.1. The van der Waals surface area contributed by atoms with Crippen molar-refractivity contribution in [2.24, 2.45) is 5.73 Å². The Hall–Kier alpha value is -1.32. The fourth-order valence-electron chi connectivity index (χ4n) is 1.90. The summed E-state index contributed by atoms with van der Waals surface area (Å²) in [5.41, 5.74) is 9.21. The maximum absolute atomic E-state index is 6.07. The SMILES string of the molecule is CCC(N)Cc1ccc(Cl)cc1-n1ccc(C)n1. The van der Waals surface area contributed by atoms with Crippen LogP contribution in [0.3, 0.4) is 0 Å². The number of nitrogens with zero attached hydrogens (tertiary/aromatic N) is 2. The minimum Gasteiger partial charge on any atom is -0.327 e. The Morgan fingerprint density at radius 1 is 1.39 bits per heavy atom. The molecule has 1 unspecified atom stereocenters. The lowest BCUT2D eigenvalue weighted by Crippen LogP contribution is -2.22. The van der Waals surface area contributed by atoms with Crippen molar-refractivity contribution in [3.8, 4) is 5.69 Å². The highest BCUT2D eigenvalue weighted by atomic mass is 35.5. The van der Waals surface area contributed by atoms with Gasteiger partial charge in [0.1, 0.15) is 0 Å². The van der Waals surface area contributed by atoms with Gasteiger partial charge in [-0.2, -0.15) is 5.10 Å². The molecule has 2 aromatic rings. The molecular formula is C14H18ClN3. The van der Waals surface area contributed by atoms with Crippen molar-refractivity contribution < 1.29 is 0 Å². The minimum absolute atomic E-state index is 0.168. The third kappa shape index (κ3) is 2.92. The van der Waals surface area contributed by atoms with Gasteiger partial charge in [0.15, 0.2) is 0 Å². The number of hydrogen-bond donors (Lipinski definition) is 1. The van der Waals surface area contributed by atoms with Gasteiger partial charge in [0.2, 0.25) is 0 Å². The van der Waals surface area contributed by atoms with Crippen molar-refractivity contribution in [2.45, 2.75) is 32.7 Å². The van der Waals surface area contributed by atoms with Gasteiger partial charge in [-0.3, -0.25) is 0 Å². The van der Waals surface area contributed by atoms with E-state index in [0.29, 0.717) is 5.02 Å². The van der Waals surface area contributed by atoms with E-state index in [-0.39, 0.29) is 6.04 Å². The summed E-state index contributed by atoms with van der Waals surface area (Å²) in [6, 6.07) is 8.01. The molecule has 0 saturated heterocycles. The minimum atomic E-state index is 0.168. The first-order valence-electron chi connectivity index (χ1n) is 6.16. The smallest absolute Gasteiger partial charge is 0.0693 e. The molecule has 0 aliphatic carbocycles. The van der Waals surface area contributed by atoms with Crippen molar-refractivity contribution in [3.63, 3.8) is 0 Å². The maximum atomic E-state index is 6.07. The second kappa shape index (κ2) is 5.55. The molecule has 2 N–H and O–H groups in total. The van der Waals surface area contributed by atoms with E-state index in [4.69, 9.17) is 17.3 Å². The van der Waals surface area contributed by atoms with Gasteiger partial charge >= 0.3 is 0 Å². The number of halogens is 1. The van der Waals surface area contributed by atoms with Crippen molar-refractivity contribution >= 4 is 11.6 Å². The van der Waals surface area contributed by atoms with Crippen LogP contribution >= 0.6 is 11.6 Å². The maximum Gasteiger partial charge on any atom is 0.0693 e. The Balaban J connectivity index is 2.40. The van der Waals surface area contributed by atoms with Crippen molar-refractivity contribution in [1.82, 2.24) is 9.78 Å². The quantitative estimate of drug-likeness (QED) is 0.921. The first-order valence-corrected chi connectivity index (χ1v) is 6.54. The van der Waals surface area contributed by atoms with Crippen LogP contribution in [0.25, 0.3) is 5.69 Å². The van der Waals surface area contributed by atoms with Crippen LogP contribution in [0.4, 0.5) is 0 Å². The highest BCUT2D eigenvalue weighted by Crippen LogP contribution is 2.21. The second-order valence-corrected chi connectivity index (χ2v) is 4.98. The summed E-state index contributed by atoms with van der Waals surface area (Å²) in [6.07, 6.45) is 3.74. The zero-order valence-electron chi connectivity index (χ0n) is 10.7. The number of hydrogen-bond acceptors (Lipinski definition) is 2. The molecule has 96 valence electrons. The molecule has 1 aromatic carbocycles. The fraction of sp³-hybridized carbons (Fsp3) is 0.357.